The highest BCUT2D eigenvalue weighted by Gasteiger charge is 2.53. The molecule has 0 aromatic heterocycles. The summed E-state index contributed by atoms with van der Waals surface area (Å²) < 4.78 is 60.2. The molecule has 2 atom stereocenters. The van der Waals surface area contributed by atoms with Crippen molar-refractivity contribution in [3.63, 3.8) is 0 Å². The molecule has 1 saturated carbocycles. The Morgan fingerprint density at radius 3 is 2.15 bits per heavy atom. The second kappa shape index (κ2) is 11.8. The average molecular weight is 506 g/mol. The lowest BCUT2D eigenvalue weighted by Gasteiger charge is -2.28. The van der Waals surface area contributed by atoms with Crippen LogP contribution in [0.4, 0.5) is 13.2 Å². The second-order valence-corrected chi connectivity index (χ2v) is 10.1. The van der Waals surface area contributed by atoms with Crippen LogP contribution in [0.3, 0.4) is 0 Å². The number of nitrogens with zero attached hydrogens (tertiary/aromatic N) is 2. The molecule has 0 aromatic carbocycles. The first kappa shape index (κ1) is 29.5. The highest BCUT2D eigenvalue weighted by molar-refractivity contribution is 7.86. The van der Waals surface area contributed by atoms with Crippen LogP contribution in [0.1, 0.15) is 25.7 Å². The largest absolute Gasteiger partial charge is 0.490 e. The maximum atomic E-state index is 13.0. The van der Waals surface area contributed by atoms with Crippen molar-refractivity contribution in [1.82, 2.24) is 8.61 Å². The van der Waals surface area contributed by atoms with E-state index in [1.165, 1.54) is 4.31 Å². The Morgan fingerprint density at radius 2 is 1.76 bits per heavy atom. The van der Waals surface area contributed by atoms with Gasteiger partial charge in [-0.1, -0.05) is 6.42 Å². The monoisotopic (exact) mass is 506 g/mol. The molecule has 2 fully saturated rings. The van der Waals surface area contributed by atoms with Crippen LogP contribution in [0.5, 0.6) is 0 Å². The van der Waals surface area contributed by atoms with E-state index < -0.39 is 46.9 Å². The molecule has 1 aliphatic carbocycles. The number of hydrogen-bond donors (Lipinski definition) is 6. The van der Waals surface area contributed by atoms with E-state index in [1.54, 1.807) is 0 Å². The summed E-state index contributed by atoms with van der Waals surface area (Å²) in [5, 5.41) is 34.6. The van der Waals surface area contributed by atoms with Gasteiger partial charge in [0.15, 0.2) is 0 Å². The Labute approximate surface area is 189 Å². The summed E-state index contributed by atoms with van der Waals surface area (Å²) in [5.74, 6) is -4.28. The Kier molecular flexibility index (Phi) is 10.5. The fraction of sp³-hybridized carbons (Fsp3) is 0.875. The van der Waals surface area contributed by atoms with Crippen LogP contribution in [-0.2, 0) is 19.8 Å². The smallest absolute Gasteiger partial charge is 0.480 e. The highest BCUT2D eigenvalue weighted by atomic mass is 32.2. The minimum absolute atomic E-state index is 0.00159. The summed E-state index contributed by atoms with van der Waals surface area (Å²) in [6.07, 6.45) is -2.39. The summed E-state index contributed by atoms with van der Waals surface area (Å²) >= 11 is 0. The van der Waals surface area contributed by atoms with Crippen molar-refractivity contribution in [1.29, 1.82) is 0 Å². The molecular formula is C16H30BF3N4O8S. The summed E-state index contributed by atoms with van der Waals surface area (Å²) in [6.45, 7) is 0.453. The Bertz CT molecular complexity index is 784. The first-order valence-electron chi connectivity index (χ1n) is 10.2. The zero-order valence-electron chi connectivity index (χ0n) is 17.8. The molecule has 12 nitrogen and oxygen atoms in total. The molecule has 2 rings (SSSR count). The summed E-state index contributed by atoms with van der Waals surface area (Å²) in [6, 6.07) is 0. The van der Waals surface area contributed by atoms with E-state index in [0.717, 1.165) is 17.1 Å². The van der Waals surface area contributed by atoms with Crippen molar-refractivity contribution < 1.29 is 51.4 Å². The third-order valence-corrected chi connectivity index (χ3v) is 7.35. The Morgan fingerprint density at radius 1 is 1.21 bits per heavy atom. The van der Waals surface area contributed by atoms with Gasteiger partial charge in [-0.25, -0.2) is 4.79 Å². The van der Waals surface area contributed by atoms with Gasteiger partial charge in [-0.2, -0.15) is 30.2 Å². The maximum absolute atomic E-state index is 13.0. The fourth-order valence-electron chi connectivity index (χ4n) is 3.40. The van der Waals surface area contributed by atoms with Crippen LogP contribution in [0, 0.1) is 11.8 Å². The third kappa shape index (κ3) is 8.66. The molecule has 0 unspecified atom stereocenters. The zero-order chi connectivity index (χ0) is 25.6. The SMILES string of the molecule is NCCN(CC1CC1)S(=O)(=O)N1C[C@H](CCCB(O)O)[C@](N)(C(=O)O)C1.O=C(O)C(F)(F)F. The van der Waals surface area contributed by atoms with Crippen LogP contribution >= 0.6 is 0 Å². The number of alkyl halides is 3. The normalized spacial score (nSPS) is 23.8. The number of rotatable bonds is 11. The molecule has 192 valence electrons. The molecule has 0 radical (unpaired) electrons. The predicted molar refractivity (Wildman–Crippen MR) is 110 cm³/mol. The minimum Gasteiger partial charge on any atom is -0.480 e. The lowest BCUT2D eigenvalue weighted by molar-refractivity contribution is -0.192. The lowest BCUT2D eigenvalue weighted by Crippen LogP contribution is -2.55. The van der Waals surface area contributed by atoms with Gasteiger partial charge in [0.2, 0.25) is 0 Å². The molecule has 8 N–H and O–H groups in total. The zero-order valence-corrected chi connectivity index (χ0v) is 18.6. The average Bonchev–Trinajstić information content (AvgIpc) is 3.42. The molecule has 0 spiro atoms. The van der Waals surface area contributed by atoms with Crippen molar-refractivity contribution in [2.24, 2.45) is 23.3 Å². The van der Waals surface area contributed by atoms with E-state index in [4.69, 9.17) is 31.4 Å². The molecule has 1 aliphatic heterocycles. The maximum Gasteiger partial charge on any atom is 0.490 e. The van der Waals surface area contributed by atoms with Gasteiger partial charge >= 0.3 is 25.2 Å². The van der Waals surface area contributed by atoms with E-state index in [2.05, 4.69) is 0 Å². The first-order valence-corrected chi connectivity index (χ1v) is 11.6. The number of halogens is 3. The second-order valence-electron chi connectivity index (χ2n) is 8.15. The summed E-state index contributed by atoms with van der Waals surface area (Å²) in [4.78, 5) is 20.6. The van der Waals surface area contributed by atoms with Gasteiger partial charge in [0.25, 0.3) is 10.2 Å². The highest BCUT2D eigenvalue weighted by Crippen LogP contribution is 2.35. The van der Waals surface area contributed by atoms with Gasteiger partial charge in [0, 0.05) is 38.6 Å². The van der Waals surface area contributed by atoms with Crippen LogP contribution in [0.15, 0.2) is 0 Å². The van der Waals surface area contributed by atoms with E-state index in [0.29, 0.717) is 25.3 Å². The van der Waals surface area contributed by atoms with Crippen LogP contribution in [0.2, 0.25) is 6.32 Å². The molecule has 33 heavy (non-hydrogen) atoms. The van der Waals surface area contributed by atoms with Crippen molar-refractivity contribution >= 4 is 29.3 Å². The van der Waals surface area contributed by atoms with Gasteiger partial charge in [0.1, 0.15) is 5.54 Å². The van der Waals surface area contributed by atoms with Crippen LogP contribution in [0.25, 0.3) is 0 Å². The van der Waals surface area contributed by atoms with Crippen molar-refractivity contribution in [2.75, 3.05) is 32.7 Å². The molecule has 0 amide bonds. The molecule has 17 heteroatoms. The standard InChI is InChI=1S/C14H29BN4O6S.C2HF3O2/c16-6-7-18(8-11-3-4-11)26(24,25)19-9-12(2-1-5-15(22)23)14(17,10-19)13(20)21;3-2(4,5)1(6)7/h11-12,22-23H,1-10,16-17H2,(H,20,21);(H,6,7)/t12-,14-;/m0./s1. The van der Waals surface area contributed by atoms with E-state index in [1.807, 2.05) is 0 Å². The van der Waals surface area contributed by atoms with E-state index >= 15 is 0 Å². The summed E-state index contributed by atoms with van der Waals surface area (Å²) in [5.41, 5.74) is 9.92. The van der Waals surface area contributed by atoms with Crippen molar-refractivity contribution in [3.05, 3.63) is 0 Å². The predicted octanol–water partition coefficient (Wildman–Crippen LogP) is -1.50. The quantitative estimate of drug-likeness (QED) is 0.179. The molecule has 2 aliphatic rings. The van der Waals surface area contributed by atoms with Crippen molar-refractivity contribution in [3.8, 4) is 0 Å². The fourth-order valence-corrected chi connectivity index (χ4v) is 5.21. The third-order valence-electron chi connectivity index (χ3n) is 5.44. The number of nitrogens with two attached hydrogens (primary N) is 2. The van der Waals surface area contributed by atoms with E-state index in [-0.39, 0.29) is 32.5 Å². The van der Waals surface area contributed by atoms with Crippen LogP contribution in [-0.4, -0.2) is 101 Å². The Hall–Kier alpha value is -1.50. The van der Waals surface area contributed by atoms with Gasteiger partial charge < -0.3 is 31.7 Å². The number of carbonyl (C=O) groups is 2. The first-order chi connectivity index (χ1) is 15.1. The van der Waals surface area contributed by atoms with Gasteiger partial charge in [-0.3, -0.25) is 4.79 Å². The van der Waals surface area contributed by atoms with Gasteiger partial charge in [-0.05, 0) is 31.5 Å². The molecule has 0 bridgehead atoms. The van der Waals surface area contributed by atoms with Crippen LogP contribution < -0.4 is 11.5 Å². The molecule has 1 saturated heterocycles. The van der Waals surface area contributed by atoms with E-state index in [9.17, 15) is 31.5 Å². The number of carboxylic acids is 2. The van der Waals surface area contributed by atoms with Crippen molar-refractivity contribution in [2.45, 2.75) is 43.7 Å². The topological polar surface area (TPSA) is 208 Å². The lowest BCUT2D eigenvalue weighted by atomic mass is 9.78. The Balaban J connectivity index is 0.000000675. The number of carboxylic acid groups (broad SMARTS) is 2. The number of aliphatic carboxylic acids is 2. The molecular weight excluding hydrogens is 476 g/mol. The summed E-state index contributed by atoms with van der Waals surface area (Å²) in [7, 11) is -5.33. The molecule has 1 heterocycles. The number of hydrogen-bond acceptors (Lipinski definition) is 8. The minimum atomic E-state index is -5.08. The van der Waals surface area contributed by atoms with Gasteiger partial charge in [-0.15, -0.1) is 0 Å². The molecule has 0 aromatic rings. The van der Waals surface area contributed by atoms with Gasteiger partial charge in [0.05, 0.1) is 0 Å².